The summed E-state index contributed by atoms with van der Waals surface area (Å²) in [5.74, 6) is 0.0658. The normalized spacial score (nSPS) is 19.9. The van der Waals surface area contributed by atoms with E-state index < -0.39 is 0 Å². The Morgan fingerprint density at radius 1 is 1.62 bits per heavy atom. The molecule has 0 aliphatic carbocycles. The number of hydrogen-bond acceptors (Lipinski definition) is 3. The van der Waals surface area contributed by atoms with Crippen molar-refractivity contribution in [1.82, 2.24) is 10.6 Å². The van der Waals surface area contributed by atoms with Gasteiger partial charge in [-0.05, 0) is 44.9 Å². The standard InChI is InChI=1S/C12H18N2OS/c1-9-4-5-11(16-9)12(15)14-8-6-10-3-2-7-13-10/h4-5,10,13H,2-3,6-8H2,1H3,(H,14,15)/t10-/m1/s1. The number of carbonyl (C=O) groups excluding carboxylic acids is 1. The number of carbonyl (C=O) groups is 1. The molecule has 1 aliphatic rings. The molecule has 0 unspecified atom stereocenters. The lowest BCUT2D eigenvalue weighted by Gasteiger charge is -2.09. The van der Waals surface area contributed by atoms with Crippen LogP contribution in [0.2, 0.25) is 0 Å². The van der Waals surface area contributed by atoms with Crippen molar-refractivity contribution in [1.29, 1.82) is 0 Å². The first kappa shape index (κ1) is 11.6. The highest BCUT2D eigenvalue weighted by Crippen LogP contribution is 2.14. The predicted octanol–water partition coefficient (Wildman–Crippen LogP) is 1.93. The zero-order valence-corrected chi connectivity index (χ0v) is 10.4. The number of amides is 1. The maximum atomic E-state index is 11.7. The maximum absolute atomic E-state index is 11.7. The zero-order chi connectivity index (χ0) is 11.4. The first-order chi connectivity index (χ1) is 7.75. The van der Waals surface area contributed by atoms with Gasteiger partial charge in [-0.15, -0.1) is 11.3 Å². The highest BCUT2D eigenvalue weighted by Gasteiger charge is 2.14. The van der Waals surface area contributed by atoms with Crippen molar-refractivity contribution in [2.24, 2.45) is 0 Å². The molecule has 0 aromatic carbocycles. The van der Waals surface area contributed by atoms with Gasteiger partial charge in [-0.2, -0.15) is 0 Å². The van der Waals surface area contributed by atoms with E-state index >= 15 is 0 Å². The molecule has 1 aromatic rings. The zero-order valence-electron chi connectivity index (χ0n) is 9.58. The summed E-state index contributed by atoms with van der Waals surface area (Å²) < 4.78 is 0. The smallest absolute Gasteiger partial charge is 0.261 e. The molecule has 2 heterocycles. The highest BCUT2D eigenvalue weighted by atomic mass is 32.1. The van der Waals surface area contributed by atoms with Gasteiger partial charge in [0, 0.05) is 17.5 Å². The Balaban J connectivity index is 1.71. The van der Waals surface area contributed by atoms with Crippen LogP contribution in [-0.2, 0) is 0 Å². The minimum Gasteiger partial charge on any atom is -0.351 e. The van der Waals surface area contributed by atoms with Crippen LogP contribution in [0.4, 0.5) is 0 Å². The Morgan fingerprint density at radius 2 is 2.50 bits per heavy atom. The van der Waals surface area contributed by atoms with Gasteiger partial charge < -0.3 is 10.6 Å². The molecular formula is C12H18N2OS. The summed E-state index contributed by atoms with van der Waals surface area (Å²) in [4.78, 5) is 13.7. The lowest BCUT2D eigenvalue weighted by atomic mass is 10.1. The Morgan fingerprint density at radius 3 is 3.12 bits per heavy atom. The SMILES string of the molecule is Cc1ccc(C(=O)NCC[C@H]2CCCN2)s1. The maximum Gasteiger partial charge on any atom is 0.261 e. The summed E-state index contributed by atoms with van der Waals surface area (Å²) in [5, 5.41) is 6.40. The summed E-state index contributed by atoms with van der Waals surface area (Å²) >= 11 is 1.55. The van der Waals surface area contributed by atoms with Gasteiger partial charge in [-0.25, -0.2) is 0 Å². The summed E-state index contributed by atoms with van der Waals surface area (Å²) in [6.07, 6.45) is 3.55. The van der Waals surface area contributed by atoms with Crippen molar-refractivity contribution in [2.75, 3.05) is 13.1 Å². The van der Waals surface area contributed by atoms with E-state index in [4.69, 9.17) is 0 Å². The van der Waals surface area contributed by atoms with E-state index in [1.54, 1.807) is 11.3 Å². The van der Waals surface area contributed by atoms with Gasteiger partial charge >= 0.3 is 0 Å². The van der Waals surface area contributed by atoms with Crippen molar-refractivity contribution >= 4 is 17.2 Å². The molecule has 0 radical (unpaired) electrons. The van der Waals surface area contributed by atoms with Gasteiger partial charge in [-0.1, -0.05) is 0 Å². The molecule has 2 N–H and O–H groups in total. The third-order valence-corrected chi connectivity index (χ3v) is 3.90. The van der Waals surface area contributed by atoms with E-state index in [1.807, 2.05) is 19.1 Å². The third-order valence-electron chi connectivity index (χ3n) is 2.90. The van der Waals surface area contributed by atoms with E-state index in [2.05, 4.69) is 10.6 Å². The van der Waals surface area contributed by atoms with E-state index in [9.17, 15) is 4.79 Å². The second-order valence-electron chi connectivity index (χ2n) is 4.25. The van der Waals surface area contributed by atoms with Crippen LogP contribution in [-0.4, -0.2) is 25.0 Å². The molecule has 0 bridgehead atoms. The molecule has 3 nitrogen and oxygen atoms in total. The van der Waals surface area contributed by atoms with E-state index in [0.29, 0.717) is 6.04 Å². The molecule has 0 spiro atoms. The lowest BCUT2D eigenvalue weighted by Crippen LogP contribution is -2.30. The van der Waals surface area contributed by atoms with Gasteiger partial charge in [0.15, 0.2) is 0 Å². The molecule has 1 aromatic heterocycles. The number of rotatable bonds is 4. The predicted molar refractivity (Wildman–Crippen MR) is 67.0 cm³/mol. The second kappa shape index (κ2) is 5.46. The molecule has 0 saturated carbocycles. The summed E-state index contributed by atoms with van der Waals surface area (Å²) in [5.41, 5.74) is 0. The van der Waals surface area contributed by atoms with E-state index in [1.165, 1.54) is 17.7 Å². The Kier molecular flexibility index (Phi) is 3.96. The molecule has 2 rings (SSSR count). The summed E-state index contributed by atoms with van der Waals surface area (Å²) in [6.45, 7) is 3.92. The van der Waals surface area contributed by atoms with Crippen molar-refractivity contribution in [3.05, 3.63) is 21.9 Å². The van der Waals surface area contributed by atoms with Crippen molar-refractivity contribution in [3.8, 4) is 0 Å². The number of aryl methyl sites for hydroxylation is 1. The average molecular weight is 238 g/mol. The summed E-state index contributed by atoms with van der Waals surface area (Å²) in [7, 11) is 0. The van der Waals surface area contributed by atoms with Crippen LogP contribution in [0.25, 0.3) is 0 Å². The Hall–Kier alpha value is -0.870. The monoisotopic (exact) mass is 238 g/mol. The number of thiophene rings is 1. The minimum atomic E-state index is 0.0658. The van der Waals surface area contributed by atoms with Crippen LogP contribution in [0.3, 0.4) is 0 Å². The Labute approximate surface area is 100 Å². The van der Waals surface area contributed by atoms with Crippen molar-refractivity contribution in [3.63, 3.8) is 0 Å². The topological polar surface area (TPSA) is 41.1 Å². The molecule has 88 valence electrons. The van der Waals surface area contributed by atoms with Gasteiger partial charge in [0.1, 0.15) is 0 Å². The third kappa shape index (κ3) is 3.06. The van der Waals surface area contributed by atoms with Gasteiger partial charge in [0.2, 0.25) is 0 Å². The molecule has 1 amide bonds. The summed E-state index contributed by atoms with van der Waals surface area (Å²) in [6, 6.07) is 4.48. The fraction of sp³-hybridized carbons (Fsp3) is 0.583. The van der Waals surface area contributed by atoms with Crippen LogP contribution in [0.1, 0.15) is 33.8 Å². The first-order valence-electron chi connectivity index (χ1n) is 5.84. The molecule has 1 fully saturated rings. The Bertz CT molecular complexity index is 356. The van der Waals surface area contributed by atoms with Crippen LogP contribution < -0.4 is 10.6 Å². The molecule has 1 saturated heterocycles. The fourth-order valence-corrected chi connectivity index (χ4v) is 2.79. The molecular weight excluding hydrogens is 220 g/mol. The van der Waals surface area contributed by atoms with Crippen molar-refractivity contribution in [2.45, 2.75) is 32.2 Å². The minimum absolute atomic E-state index is 0.0658. The average Bonchev–Trinajstić information content (AvgIpc) is 2.89. The quantitative estimate of drug-likeness (QED) is 0.841. The van der Waals surface area contributed by atoms with Crippen LogP contribution >= 0.6 is 11.3 Å². The van der Waals surface area contributed by atoms with Crippen LogP contribution in [0.15, 0.2) is 12.1 Å². The molecule has 1 aliphatic heterocycles. The molecule has 4 heteroatoms. The largest absolute Gasteiger partial charge is 0.351 e. The number of nitrogens with one attached hydrogen (secondary N) is 2. The lowest BCUT2D eigenvalue weighted by molar-refractivity contribution is 0.0956. The molecule has 16 heavy (non-hydrogen) atoms. The molecule has 1 atom stereocenters. The van der Waals surface area contributed by atoms with Gasteiger partial charge in [0.05, 0.1) is 4.88 Å². The number of hydrogen-bond donors (Lipinski definition) is 2. The first-order valence-corrected chi connectivity index (χ1v) is 6.65. The van der Waals surface area contributed by atoms with Gasteiger partial charge in [0.25, 0.3) is 5.91 Å². The van der Waals surface area contributed by atoms with Gasteiger partial charge in [-0.3, -0.25) is 4.79 Å². The van der Waals surface area contributed by atoms with Crippen LogP contribution in [0.5, 0.6) is 0 Å². The van der Waals surface area contributed by atoms with Crippen molar-refractivity contribution < 1.29 is 4.79 Å². The van der Waals surface area contributed by atoms with E-state index in [-0.39, 0.29) is 5.91 Å². The van der Waals surface area contributed by atoms with Crippen LogP contribution in [0, 0.1) is 6.92 Å². The highest BCUT2D eigenvalue weighted by molar-refractivity contribution is 7.13. The second-order valence-corrected chi connectivity index (χ2v) is 5.54. The fourth-order valence-electron chi connectivity index (χ4n) is 2.01. The van der Waals surface area contributed by atoms with E-state index in [0.717, 1.165) is 24.4 Å².